The van der Waals surface area contributed by atoms with Gasteiger partial charge in [0.15, 0.2) is 0 Å². The number of hydrogen-bond donors (Lipinski definition) is 1. The van der Waals surface area contributed by atoms with Gasteiger partial charge in [-0.25, -0.2) is 0 Å². The minimum absolute atomic E-state index is 0.0372. The molecule has 1 heterocycles. The zero-order chi connectivity index (χ0) is 23.0. The Bertz CT molecular complexity index is 940. The van der Waals surface area contributed by atoms with E-state index in [0.29, 0.717) is 6.42 Å². The molecule has 12 heteroatoms. The van der Waals surface area contributed by atoms with E-state index in [1.807, 2.05) is 0 Å². The largest absolute Gasteiger partial charge is 0.478 e. The third-order valence-electron chi connectivity index (χ3n) is 3.82. The number of ether oxygens (including phenoxy) is 2. The van der Waals surface area contributed by atoms with E-state index in [1.54, 1.807) is 6.92 Å². The predicted molar refractivity (Wildman–Crippen MR) is 106 cm³/mol. The van der Waals surface area contributed by atoms with Crippen molar-refractivity contribution in [3.05, 3.63) is 56.6 Å². The number of nitrogens with one attached hydrogen (secondary N) is 1. The molecule has 0 bridgehead atoms. The molecule has 0 unspecified atom stereocenters. The highest BCUT2D eigenvalue weighted by atomic mass is 35.5. The van der Waals surface area contributed by atoms with E-state index in [-0.39, 0.29) is 54.2 Å². The number of hydrogen-bond acceptors (Lipinski definition) is 6. The highest BCUT2D eigenvalue weighted by molar-refractivity contribution is 6.33. The van der Waals surface area contributed by atoms with E-state index >= 15 is 0 Å². The third kappa shape index (κ3) is 7.28. The van der Waals surface area contributed by atoms with Crippen LogP contribution in [0.15, 0.2) is 30.3 Å². The fraction of sp³-hybridized carbons (Fsp3) is 0.368. The van der Waals surface area contributed by atoms with Crippen LogP contribution in [0.4, 0.5) is 18.9 Å². The molecule has 0 aliphatic heterocycles. The number of nitrogens with zero attached hydrogens (tertiary/aromatic N) is 2. The van der Waals surface area contributed by atoms with Crippen LogP contribution in [0.2, 0.25) is 5.02 Å². The number of rotatable bonds is 10. The smallest absolute Gasteiger partial charge is 0.416 e. The average molecular weight is 462 g/mol. The summed E-state index contributed by atoms with van der Waals surface area (Å²) in [5.41, 5.74) is -1.29. The summed E-state index contributed by atoms with van der Waals surface area (Å²) in [5, 5.41) is 13.4. The Labute approximate surface area is 180 Å². The van der Waals surface area contributed by atoms with Gasteiger partial charge in [0.25, 0.3) is 11.6 Å². The first kappa shape index (κ1) is 24.2. The number of amides is 1. The molecule has 0 aliphatic rings. The van der Waals surface area contributed by atoms with Gasteiger partial charge in [-0.2, -0.15) is 18.2 Å². The molecule has 168 valence electrons. The van der Waals surface area contributed by atoms with Crippen LogP contribution in [0.3, 0.4) is 0 Å². The van der Waals surface area contributed by atoms with E-state index in [1.165, 1.54) is 12.1 Å². The van der Waals surface area contributed by atoms with Gasteiger partial charge in [0, 0.05) is 30.8 Å². The number of carbonyl (C=O) groups is 1. The molecule has 8 nitrogen and oxygen atoms in total. The van der Waals surface area contributed by atoms with E-state index in [2.05, 4.69) is 10.3 Å². The number of aromatic nitrogens is 1. The summed E-state index contributed by atoms with van der Waals surface area (Å²) in [6, 6.07) is 5.03. The van der Waals surface area contributed by atoms with Gasteiger partial charge >= 0.3 is 6.18 Å². The minimum atomic E-state index is -4.59. The Morgan fingerprint density at radius 1 is 1.19 bits per heavy atom. The Balaban J connectivity index is 1.92. The molecule has 0 fully saturated rings. The number of pyridine rings is 1. The normalized spacial score (nSPS) is 11.1. The second-order valence-corrected chi connectivity index (χ2v) is 6.66. The van der Waals surface area contributed by atoms with Crippen LogP contribution < -0.4 is 14.8 Å². The first-order valence-electron chi connectivity index (χ1n) is 9.19. The van der Waals surface area contributed by atoms with Crippen LogP contribution in [-0.2, 0) is 6.18 Å². The first-order valence-corrected chi connectivity index (χ1v) is 9.56. The zero-order valence-corrected chi connectivity index (χ0v) is 17.1. The van der Waals surface area contributed by atoms with Gasteiger partial charge < -0.3 is 14.8 Å². The Morgan fingerprint density at radius 3 is 2.42 bits per heavy atom. The third-order valence-corrected chi connectivity index (χ3v) is 4.15. The van der Waals surface area contributed by atoms with Crippen LogP contribution in [0, 0.1) is 10.1 Å². The van der Waals surface area contributed by atoms with Crippen molar-refractivity contribution in [2.45, 2.75) is 25.9 Å². The molecule has 0 spiro atoms. The van der Waals surface area contributed by atoms with Gasteiger partial charge in [-0.15, -0.1) is 0 Å². The highest BCUT2D eigenvalue weighted by Crippen LogP contribution is 2.33. The molecule has 0 saturated heterocycles. The summed E-state index contributed by atoms with van der Waals surface area (Å²) in [6.07, 6.45) is -3.75. The first-order chi connectivity index (χ1) is 14.6. The van der Waals surface area contributed by atoms with Crippen molar-refractivity contribution < 1.29 is 32.4 Å². The Morgan fingerprint density at radius 2 is 1.84 bits per heavy atom. The zero-order valence-electron chi connectivity index (χ0n) is 16.4. The summed E-state index contributed by atoms with van der Waals surface area (Å²) in [4.78, 5) is 26.2. The van der Waals surface area contributed by atoms with Crippen LogP contribution in [0.1, 0.15) is 35.7 Å². The lowest BCUT2D eigenvalue weighted by Gasteiger charge is -2.13. The quantitative estimate of drug-likeness (QED) is 0.314. The number of non-ortho nitro benzene ring substituents is 1. The molecule has 0 atom stereocenters. The second-order valence-electron chi connectivity index (χ2n) is 6.26. The van der Waals surface area contributed by atoms with E-state index in [9.17, 15) is 28.1 Å². The van der Waals surface area contributed by atoms with Gasteiger partial charge in [-0.1, -0.05) is 18.5 Å². The fourth-order valence-electron chi connectivity index (χ4n) is 2.35. The second kappa shape index (κ2) is 10.8. The maximum atomic E-state index is 13.0. The molecule has 1 N–H and O–H groups in total. The van der Waals surface area contributed by atoms with Crippen LogP contribution in [0.5, 0.6) is 11.8 Å². The van der Waals surface area contributed by atoms with Gasteiger partial charge in [0.1, 0.15) is 0 Å². The molecule has 0 saturated carbocycles. The lowest BCUT2D eigenvalue weighted by atomic mass is 10.2. The molecular weight excluding hydrogens is 443 g/mol. The van der Waals surface area contributed by atoms with Crippen molar-refractivity contribution in [1.82, 2.24) is 10.3 Å². The summed E-state index contributed by atoms with van der Waals surface area (Å²) < 4.78 is 49.5. The Kier molecular flexibility index (Phi) is 8.43. The van der Waals surface area contributed by atoms with Crippen molar-refractivity contribution in [1.29, 1.82) is 0 Å². The molecule has 31 heavy (non-hydrogen) atoms. The molecular formula is C19H19ClF3N3O5. The maximum Gasteiger partial charge on any atom is 0.416 e. The van der Waals surface area contributed by atoms with Crippen molar-refractivity contribution in [2.75, 3.05) is 19.8 Å². The number of alkyl halides is 3. The van der Waals surface area contributed by atoms with Gasteiger partial charge in [0.2, 0.25) is 11.8 Å². The molecule has 0 radical (unpaired) electrons. The molecule has 1 aromatic heterocycles. The predicted octanol–water partition coefficient (Wildman–Crippen LogP) is 4.65. The standard InChI is InChI=1S/C19H19ClF3N3O5/c1-2-7-30-16-9-12(19(21,22)23)10-17(25-16)31-8-3-6-24-18(27)14-11-13(26(28)29)4-5-15(14)20/h4-5,9-11H,2-3,6-8H2,1H3,(H,24,27). The average Bonchev–Trinajstić information content (AvgIpc) is 2.71. The summed E-state index contributed by atoms with van der Waals surface area (Å²) in [6.45, 7) is 2.07. The number of nitro groups is 1. The number of halogens is 4. The van der Waals surface area contributed by atoms with Crippen molar-refractivity contribution in [2.24, 2.45) is 0 Å². The maximum absolute atomic E-state index is 13.0. The summed E-state index contributed by atoms with van der Waals surface area (Å²) in [7, 11) is 0. The molecule has 2 rings (SSSR count). The van der Waals surface area contributed by atoms with E-state index in [0.717, 1.165) is 18.2 Å². The van der Waals surface area contributed by atoms with E-state index < -0.39 is 22.6 Å². The molecule has 1 aromatic carbocycles. The van der Waals surface area contributed by atoms with Crippen LogP contribution >= 0.6 is 11.6 Å². The number of benzene rings is 1. The van der Waals surface area contributed by atoms with Gasteiger partial charge in [0.05, 0.1) is 34.3 Å². The number of nitro benzene ring substituents is 1. The summed E-state index contributed by atoms with van der Waals surface area (Å²) >= 11 is 5.90. The monoisotopic (exact) mass is 461 g/mol. The van der Waals surface area contributed by atoms with Crippen molar-refractivity contribution in [3.63, 3.8) is 0 Å². The minimum Gasteiger partial charge on any atom is -0.478 e. The van der Waals surface area contributed by atoms with Crippen molar-refractivity contribution in [3.8, 4) is 11.8 Å². The molecule has 0 aliphatic carbocycles. The number of carbonyl (C=O) groups excluding carboxylic acids is 1. The lowest BCUT2D eigenvalue weighted by molar-refractivity contribution is -0.384. The highest BCUT2D eigenvalue weighted by Gasteiger charge is 2.32. The van der Waals surface area contributed by atoms with Gasteiger partial charge in [-0.05, 0) is 18.9 Å². The molecule has 2 aromatic rings. The van der Waals surface area contributed by atoms with Crippen LogP contribution in [-0.4, -0.2) is 35.6 Å². The van der Waals surface area contributed by atoms with Crippen LogP contribution in [0.25, 0.3) is 0 Å². The summed E-state index contributed by atoms with van der Waals surface area (Å²) in [5.74, 6) is -1.07. The topological polar surface area (TPSA) is 104 Å². The lowest BCUT2D eigenvalue weighted by Crippen LogP contribution is -2.26. The SMILES string of the molecule is CCCOc1cc(C(F)(F)F)cc(OCCCNC(=O)c2cc([N+](=O)[O-])ccc2Cl)n1. The van der Waals surface area contributed by atoms with E-state index in [4.69, 9.17) is 21.1 Å². The van der Waals surface area contributed by atoms with Crippen molar-refractivity contribution >= 4 is 23.2 Å². The van der Waals surface area contributed by atoms with Gasteiger partial charge in [-0.3, -0.25) is 14.9 Å². The fourth-order valence-corrected chi connectivity index (χ4v) is 2.55. The Hall–Kier alpha value is -3.08. The molecule has 1 amide bonds.